The highest BCUT2D eigenvalue weighted by atomic mass is 35.5. The largest absolute Gasteiger partial charge is 0.440 e. The monoisotopic (exact) mass is 513 g/mol. The summed E-state index contributed by atoms with van der Waals surface area (Å²) in [4.78, 5) is 6.57. The predicted octanol–water partition coefficient (Wildman–Crippen LogP) is 5.36. The van der Waals surface area contributed by atoms with E-state index in [0.29, 0.717) is 17.5 Å². The second-order valence-corrected chi connectivity index (χ2v) is 10.1. The van der Waals surface area contributed by atoms with E-state index in [1.165, 1.54) is 18.5 Å². The van der Waals surface area contributed by atoms with E-state index in [4.69, 9.17) is 4.42 Å². The van der Waals surface area contributed by atoms with Gasteiger partial charge < -0.3 is 13.9 Å². The van der Waals surface area contributed by atoms with E-state index in [2.05, 4.69) is 20.1 Å². The number of thioether (sulfide) groups is 1. The highest BCUT2D eigenvalue weighted by Gasteiger charge is 2.57. The Morgan fingerprint density at radius 2 is 1.97 bits per heavy atom. The molecule has 0 bridgehead atoms. The number of likely N-dealkylation sites (tertiary alicyclic amines) is 1. The van der Waals surface area contributed by atoms with Gasteiger partial charge in [0.25, 0.3) is 0 Å². The minimum absolute atomic E-state index is 0. The number of aryl methyl sites for hydroxylation is 1. The van der Waals surface area contributed by atoms with Crippen LogP contribution < -0.4 is 0 Å². The van der Waals surface area contributed by atoms with Crippen LogP contribution in [0, 0.1) is 12.8 Å². The van der Waals surface area contributed by atoms with Crippen molar-refractivity contribution in [2.45, 2.75) is 42.9 Å². The molecule has 1 saturated carbocycles. The Bertz CT molecular complexity index is 1130. The molecule has 184 valence electrons. The lowest BCUT2D eigenvalue weighted by Gasteiger charge is -2.33. The molecule has 11 heteroatoms. The number of hydrogen-bond donors (Lipinski definition) is 0. The molecule has 2 aromatic heterocycles. The summed E-state index contributed by atoms with van der Waals surface area (Å²) >= 11 is 1.66. The summed E-state index contributed by atoms with van der Waals surface area (Å²) in [6.07, 6.45) is 0.310. The van der Waals surface area contributed by atoms with Crippen molar-refractivity contribution in [2.75, 3.05) is 25.4 Å². The molecule has 0 amide bonds. The second kappa shape index (κ2) is 9.54. The standard InChI is InChI=1S/C23H26F3N5OS.ClH/c1-15-19(32-14-27-15)20-28-29-21(30(20)2)33-11-3-9-31-10-8-18-12-22(18,13-31)16-4-6-17(7-5-16)23(24,25)26;/h4-7,14,18H,3,8-13H2,1-2H3;1H. The van der Waals surface area contributed by atoms with Crippen LogP contribution in [0.1, 0.15) is 36.1 Å². The number of aromatic nitrogens is 4. The van der Waals surface area contributed by atoms with E-state index in [1.807, 2.05) is 18.5 Å². The number of oxazole rings is 1. The second-order valence-electron chi connectivity index (χ2n) is 9.03. The molecule has 3 aromatic rings. The number of fused-ring (bicyclic) bond motifs is 1. The van der Waals surface area contributed by atoms with E-state index in [-0.39, 0.29) is 17.8 Å². The van der Waals surface area contributed by atoms with E-state index < -0.39 is 11.7 Å². The van der Waals surface area contributed by atoms with Crippen LogP contribution in [0.3, 0.4) is 0 Å². The lowest BCUT2D eigenvalue weighted by molar-refractivity contribution is -0.137. The molecule has 3 heterocycles. The third-order valence-corrected chi connectivity index (χ3v) is 8.06. The maximum Gasteiger partial charge on any atom is 0.416 e. The number of hydrogen-bond acceptors (Lipinski definition) is 6. The number of halogens is 4. The van der Waals surface area contributed by atoms with Gasteiger partial charge in [-0.3, -0.25) is 0 Å². The van der Waals surface area contributed by atoms with Crippen molar-refractivity contribution in [1.29, 1.82) is 0 Å². The Kier molecular flexibility index (Phi) is 7.04. The van der Waals surface area contributed by atoms with E-state index in [1.54, 1.807) is 23.9 Å². The van der Waals surface area contributed by atoms with E-state index in [9.17, 15) is 13.2 Å². The summed E-state index contributed by atoms with van der Waals surface area (Å²) in [5, 5.41) is 9.37. The van der Waals surface area contributed by atoms with Gasteiger partial charge in [-0.15, -0.1) is 22.6 Å². The Hall–Kier alpha value is -2.04. The van der Waals surface area contributed by atoms with Gasteiger partial charge in [0.2, 0.25) is 5.82 Å². The summed E-state index contributed by atoms with van der Waals surface area (Å²) < 4.78 is 46.1. The number of nitrogens with zero attached hydrogens (tertiary/aromatic N) is 5. The molecule has 1 aromatic carbocycles. The third kappa shape index (κ3) is 4.72. The van der Waals surface area contributed by atoms with Crippen molar-refractivity contribution in [3.63, 3.8) is 0 Å². The van der Waals surface area contributed by atoms with Crippen LogP contribution in [0.4, 0.5) is 13.2 Å². The first kappa shape index (κ1) is 25.1. The van der Waals surface area contributed by atoms with Crippen molar-refractivity contribution >= 4 is 24.2 Å². The minimum atomic E-state index is -4.29. The van der Waals surface area contributed by atoms with Gasteiger partial charge in [-0.05, 0) is 62.9 Å². The highest BCUT2D eigenvalue weighted by Crippen LogP contribution is 2.58. The molecule has 1 aliphatic heterocycles. The van der Waals surface area contributed by atoms with Crippen LogP contribution in [-0.2, 0) is 18.6 Å². The normalized spacial score (nSPS) is 22.3. The summed E-state index contributed by atoms with van der Waals surface area (Å²) in [6.45, 7) is 4.82. The zero-order valence-electron chi connectivity index (χ0n) is 19.0. The fourth-order valence-corrected chi connectivity index (χ4v) is 5.84. The van der Waals surface area contributed by atoms with Crippen molar-refractivity contribution in [1.82, 2.24) is 24.6 Å². The zero-order valence-corrected chi connectivity index (χ0v) is 20.6. The molecule has 1 saturated heterocycles. The third-order valence-electron chi connectivity index (χ3n) is 6.95. The van der Waals surface area contributed by atoms with Crippen LogP contribution >= 0.6 is 24.2 Å². The maximum absolute atomic E-state index is 12.9. The zero-order chi connectivity index (χ0) is 23.2. The summed E-state index contributed by atoms with van der Waals surface area (Å²) in [5.74, 6) is 2.81. The SMILES string of the molecule is Cc1ncoc1-c1nnc(SCCCN2CCC3CC3(c3ccc(C(F)(F)F)cc3)C2)n1C.Cl. The van der Waals surface area contributed by atoms with Crippen molar-refractivity contribution in [3.8, 4) is 11.6 Å². The molecular weight excluding hydrogens is 487 g/mol. The van der Waals surface area contributed by atoms with Crippen molar-refractivity contribution in [3.05, 3.63) is 47.5 Å². The maximum atomic E-state index is 12.9. The summed E-state index contributed by atoms with van der Waals surface area (Å²) in [5.41, 5.74) is 1.29. The Labute approximate surface area is 206 Å². The van der Waals surface area contributed by atoms with E-state index in [0.717, 1.165) is 61.1 Å². The Morgan fingerprint density at radius 3 is 2.65 bits per heavy atom. The molecule has 2 atom stereocenters. The van der Waals surface area contributed by atoms with Crippen LogP contribution in [0.5, 0.6) is 0 Å². The highest BCUT2D eigenvalue weighted by molar-refractivity contribution is 7.99. The molecule has 5 rings (SSSR count). The van der Waals surface area contributed by atoms with Crippen LogP contribution in [0.25, 0.3) is 11.6 Å². The average Bonchev–Trinajstić information content (AvgIpc) is 3.22. The predicted molar refractivity (Wildman–Crippen MR) is 126 cm³/mol. The van der Waals surface area contributed by atoms with Gasteiger partial charge in [-0.25, -0.2) is 4.98 Å². The van der Waals surface area contributed by atoms with Gasteiger partial charge >= 0.3 is 6.18 Å². The Morgan fingerprint density at radius 1 is 1.21 bits per heavy atom. The first-order chi connectivity index (χ1) is 15.8. The van der Waals surface area contributed by atoms with Crippen LogP contribution in [0.15, 0.2) is 40.2 Å². The first-order valence-electron chi connectivity index (χ1n) is 11.1. The molecule has 34 heavy (non-hydrogen) atoms. The fourth-order valence-electron chi connectivity index (χ4n) is 5.00. The fraction of sp³-hybridized carbons (Fsp3) is 0.522. The van der Waals surface area contributed by atoms with Crippen molar-refractivity contribution < 1.29 is 17.6 Å². The van der Waals surface area contributed by atoms with E-state index >= 15 is 0 Å². The molecule has 6 nitrogen and oxygen atoms in total. The number of piperidine rings is 1. The average molecular weight is 514 g/mol. The number of rotatable bonds is 7. The van der Waals surface area contributed by atoms with Gasteiger partial charge in [-0.1, -0.05) is 23.9 Å². The lowest BCUT2D eigenvalue weighted by Crippen LogP contribution is -2.39. The lowest BCUT2D eigenvalue weighted by atomic mass is 9.88. The van der Waals surface area contributed by atoms with Crippen LogP contribution in [-0.4, -0.2) is 50.0 Å². The molecule has 2 fully saturated rings. The number of alkyl halides is 3. The summed E-state index contributed by atoms with van der Waals surface area (Å²) in [6, 6.07) is 5.82. The molecule has 0 N–H and O–H groups in total. The quantitative estimate of drug-likeness (QED) is 0.313. The molecule has 2 unspecified atom stereocenters. The molecule has 1 aliphatic carbocycles. The smallest absolute Gasteiger partial charge is 0.416 e. The van der Waals surface area contributed by atoms with Gasteiger partial charge in [0.15, 0.2) is 17.3 Å². The topological polar surface area (TPSA) is 60.0 Å². The Balaban J connectivity index is 0.00000274. The summed E-state index contributed by atoms with van der Waals surface area (Å²) in [7, 11) is 1.92. The molecular formula is C23H27ClF3N5OS. The van der Waals surface area contributed by atoms with Crippen molar-refractivity contribution in [2.24, 2.45) is 13.0 Å². The molecule has 2 aliphatic rings. The first-order valence-corrected chi connectivity index (χ1v) is 12.1. The van der Waals surface area contributed by atoms with Gasteiger partial charge in [-0.2, -0.15) is 13.2 Å². The van der Waals surface area contributed by atoms with Crippen LogP contribution in [0.2, 0.25) is 0 Å². The van der Waals surface area contributed by atoms with Gasteiger partial charge in [0.1, 0.15) is 0 Å². The molecule has 0 spiro atoms. The molecule has 0 radical (unpaired) electrons. The minimum Gasteiger partial charge on any atom is -0.440 e. The van der Waals surface area contributed by atoms with Gasteiger partial charge in [0.05, 0.1) is 11.3 Å². The van der Waals surface area contributed by atoms with Gasteiger partial charge in [0, 0.05) is 24.8 Å². The number of benzene rings is 1.